The van der Waals surface area contributed by atoms with Gasteiger partial charge in [0.25, 0.3) is 0 Å². The molecule has 0 aliphatic heterocycles. The Labute approximate surface area is 131 Å². The first-order valence-corrected chi connectivity index (χ1v) is 7.32. The van der Waals surface area contributed by atoms with Gasteiger partial charge in [0.05, 0.1) is 5.69 Å². The van der Waals surface area contributed by atoms with E-state index in [0.29, 0.717) is 6.54 Å². The van der Waals surface area contributed by atoms with Crippen molar-refractivity contribution >= 4 is 21.6 Å². The monoisotopic (exact) mass is 343 g/mol. The summed E-state index contributed by atoms with van der Waals surface area (Å²) in [6.45, 7) is 2.79. The number of halogens is 1. The van der Waals surface area contributed by atoms with Crippen LogP contribution < -0.4 is 5.32 Å². The van der Waals surface area contributed by atoms with E-state index in [1.807, 2.05) is 12.1 Å². The van der Waals surface area contributed by atoms with Crippen molar-refractivity contribution in [3.8, 4) is 5.82 Å². The van der Waals surface area contributed by atoms with Gasteiger partial charge in [-0.1, -0.05) is 28.1 Å². The van der Waals surface area contributed by atoms with Gasteiger partial charge in [-0.05, 0) is 36.2 Å². The van der Waals surface area contributed by atoms with E-state index in [2.05, 4.69) is 61.4 Å². The fraction of sp³-hybridized carbons (Fsp3) is 0.133. The molecule has 0 aliphatic carbocycles. The summed E-state index contributed by atoms with van der Waals surface area (Å²) >= 11 is 3.56. The lowest BCUT2D eigenvalue weighted by atomic mass is 10.1. The highest BCUT2D eigenvalue weighted by Crippen LogP contribution is 2.20. The first-order chi connectivity index (χ1) is 10.2. The summed E-state index contributed by atoms with van der Waals surface area (Å²) < 4.78 is 2.76. The molecule has 6 heteroatoms. The van der Waals surface area contributed by atoms with E-state index < -0.39 is 0 Å². The SMILES string of the molecule is Cc1ccc(CNc2cccnc2-n2cncn2)cc1Br. The van der Waals surface area contributed by atoms with Crippen molar-refractivity contribution in [3.05, 3.63) is 64.8 Å². The Morgan fingerprint density at radius 3 is 2.95 bits per heavy atom. The minimum Gasteiger partial charge on any atom is -0.378 e. The molecule has 3 rings (SSSR count). The number of benzene rings is 1. The van der Waals surface area contributed by atoms with Gasteiger partial charge in [0.1, 0.15) is 12.7 Å². The summed E-state index contributed by atoms with van der Waals surface area (Å²) in [4.78, 5) is 8.31. The molecule has 21 heavy (non-hydrogen) atoms. The molecule has 2 aromatic heterocycles. The maximum Gasteiger partial charge on any atom is 0.178 e. The number of nitrogens with one attached hydrogen (secondary N) is 1. The minimum absolute atomic E-state index is 0.715. The summed E-state index contributed by atoms with van der Waals surface area (Å²) in [7, 11) is 0. The van der Waals surface area contributed by atoms with Crippen molar-refractivity contribution < 1.29 is 0 Å². The molecule has 2 heterocycles. The molecular formula is C15H14BrN5. The van der Waals surface area contributed by atoms with Gasteiger partial charge in [0.15, 0.2) is 5.82 Å². The van der Waals surface area contributed by atoms with Gasteiger partial charge in [0.2, 0.25) is 0 Å². The largest absolute Gasteiger partial charge is 0.378 e. The number of aryl methyl sites for hydroxylation is 1. The van der Waals surface area contributed by atoms with Crippen LogP contribution in [-0.4, -0.2) is 19.7 Å². The van der Waals surface area contributed by atoms with Crippen LogP contribution in [0.5, 0.6) is 0 Å². The molecule has 1 N–H and O–H groups in total. The first-order valence-electron chi connectivity index (χ1n) is 6.53. The van der Waals surface area contributed by atoms with Crippen LogP contribution in [0.1, 0.15) is 11.1 Å². The number of hydrogen-bond donors (Lipinski definition) is 1. The maximum absolute atomic E-state index is 4.35. The number of nitrogens with zero attached hydrogens (tertiary/aromatic N) is 4. The van der Waals surface area contributed by atoms with E-state index >= 15 is 0 Å². The summed E-state index contributed by atoms with van der Waals surface area (Å²) in [6.07, 6.45) is 4.87. The molecule has 1 aromatic carbocycles. The average Bonchev–Trinajstić information content (AvgIpc) is 3.03. The Morgan fingerprint density at radius 1 is 1.29 bits per heavy atom. The Bertz CT molecular complexity index is 740. The summed E-state index contributed by atoms with van der Waals surface area (Å²) in [5.41, 5.74) is 3.34. The molecule has 0 saturated heterocycles. The highest BCUT2D eigenvalue weighted by atomic mass is 79.9. The van der Waals surface area contributed by atoms with E-state index in [-0.39, 0.29) is 0 Å². The normalized spacial score (nSPS) is 10.6. The van der Waals surface area contributed by atoms with Crippen LogP contribution in [0.4, 0.5) is 5.69 Å². The molecule has 0 saturated carbocycles. The predicted octanol–water partition coefficient (Wildman–Crippen LogP) is 3.35. The van der Waals surface area contributed by atoms with E-state index in [1.54, 1.807) is 17.2 Å². The second kappa shape index (κ2) is 6.05. The Kier molecular flexibility index (Phi) is 3.96. The van der Waals surface area contributed by atoms with Gasteiger partial charge in [-0.3, -0.25) is 0 Å². The molecule has 0 radical (unpaired) electrons. The average molecular weight is 344 g/mol. The predicted molar refractivity (Wildman–Crippen MR) is 85.4 cm³/mol. The summed E-state index contributed by atoms with van der Waals surface area (Å²) in [6, 6.07) is 10.2. The van der Waals surface area contributed by atoms with Crippen LogP contribution in [-0.2, 0) is 6.54 Å². The fourth-order valence-electron chi connectivity index (χ4n) is 1.98. The molecule has 0 amide bonds. The fourth-order valence-corrected chi connectivity index (χ4v) is 2.40. The van der Waals surface area contributed by atoms with Crippen LogP contribution >= 0.6 is 15.9 Å². The molecule has 0 unspecified atom stereocenters. The highest BCUT2D eigenvalue weighted by molar-refractivity contribution is 9.10. The molecule has 0 aliphatic rings. The molecule has 0 spiro atoms. The van der Waals surface area contributed by atoms with Gasteiger partial charge in [-0.25, -0.2) is 14.6 Å². The number of aromatic nitrogens is 4. The van der Waals surface area contributed by atoms with E-state index in [1.165, 1.54) is 17.5 Å². The molecule has 5 nitrogen and oxygen atoms in total. The standard InChI is InChI=1S/C15H14BrN5/c1-11-4-5-12(7-13(11)16)8-19-14-3-2-6-18-15(14)21-10-17-9-20-21/h2-7,9-10,19H,8H2,1H3. The van der Waals surface area contributed by atoms with E-state index in [4.69, 9.17) is 0 Å². The van der Waals surface area contributed by atoms with Crippen molar-refractivity contribution in [1.29, 1.82) is 0 Å². The lowest BCUT2D eigenvalue weighted by Crippen LogP contribution is -2.06. The molecule has 3 aromatic rings. The van der Waals surface area contributed by atoms with Crippen LogP contribution in [0.2, 0.25) is 0 Å². The minimum atomic E-state index is 0.715. The summed E-state index contributed by atoms with van der Waals surface area (Å²) in [5.74, 6) is 0.737. The van der Waals surface area contributed by atoms with Crippen LogP contribution in [0.15, 0.2) is 53.7 Å². The van der Waals surface area contributed by atoms with Gasteiger partial charge in [0, 0.05) is 17.2 Å². The van der Waals surface area contributed by atoms with Gasteiger partial charge >= 0.3 is 0 Å². The zero-order valence-corrected chi connectivity index (χ0v) is 13.1. The van der Waals surface area contributed by atoms with Crippen molar-refractivity contribution in [2.24, 2.45) is 0 Å². The number of pyridine rings is 1. The zero-order chi connectivity index (χ0) is 14.7. The Morgan fingerprint density at radius 2 is 2.19 bits per heavy atom. The highest BCUT2D eigenvalue weighted by Gasteiger charge is 2.06. The number of anilines is 1. The maximum atomic E-state index is 4.35. The second-order valence-electron chi connectivity index (χ2n) is 4.65. The second-order valence-corrected chi connectivity index (χ2v) is 5.51. The quantitative estimate of drug-likeness (QED) is 0.789. The summed E-state index contributed by atoms with van der Waals surface area (Å²) in [5, 5.41) is 7.52. The van der Waals surface area contributed by atoms with E-state index in [9.17, 15) is 0 Å². The third kappa shape index (κ3) is 3.11. The third-order valence-corrected chi connectivity index (χ3v) is 4.00. The first kappa shape index (κ1) is 13.8. The lowest BCUT2D eigenvalue weighted by Gasteiger charge is -2.11. The number of hydrogen-bond acceptors (Lipinski definition) is 4. The van der Waals surface area contributed by atoms with Gasteiger partial charge in [-0.2, -0.15) is 5.10 Å². The van der Waals surface area contributed by atoms with Gasteiger partial charge < -0.3 is 5.32 Å². The van der Waals surface area contributed by atoms with Crippen LogP contribution in [0.25, 0.3) is 5.82 Å². The van der Waals surface area contributed by atoms with Crippen molar-refractivity contribution in [2.45, 2.75) is 13.5 Å². The van der Waals surface area contributed by atoms with Crippen molar-refractivity contribution in [1.82, 2.24) is 19.7 Å². The van der Waals surface area contributed by atoms with Crippen molar-refractivity contribution in [3.63, 3.8) is 0 Å². The molecular weight excluding hydrogens is 330 g/mol. The smallest absolute Gasteiger partial charge is 0.178 e. The van der Waals surface area contributed by atoms with Crippen LogP contribution in [0.3, 0.4) is 0 Å². The Balaban J connectivity index is 1.81. The zero-order valence-electron chi connectivity index (χ0n) is 11.5. The Hall–Kier alpha value is -2.21. The topological polar surface area (TPSA) is 55.6 Å². The lowest BCUT2D eigenvalue weighted by molar-refractivity contribution is 0.844. The van der Waals surface area contributed by atoms with Gasteiger partial charge in [-0.15, -0.1) is 0 Å². The molecule has 0 atom stereocenters. The third-order valence-electron chi connectivity index (χ3n) is 3.14. The molecule has 0 bridgehead atoms. The van der Waals surface area contributed by atoms with Crippen molar-refractivity contribution in [2.75, 3.05) is 5.32 Å². The molecule has 0 fully saturated rings. The number of rotatable bonds is 4. The van der Waals surface area contributed by atoms with E-state index in [0.717, 1.165) is 16.0 Å². The molecule has 106 valence electrons. The van der Waals surface area contributed by atoms with Crippen LogP contribution in [0, 0.1) is 6.92 Å².